The summed E-state index contributed by atoms with van der Waals surface area (Å²) in [5.74, 6) is -1.35. The molecule has 1 saturated carbocycles. The highest BCUT2D eigenvalue weighted by Gasteiger charge is 2.39. The highest BCUT2D eigenvalue weighted by Crippen LogP contribution is 2.37. The third-order valence-corrected chi connectivity index (χ3v) is 5.49. The number of hydrogen-bond acceptors (Lipinski definition) is 5. The molecule has 1 N–H and O–H groups in total. The number of rotatable bonds is 8. The molecule has 0 spiro atoms. The van der Waals surface area contributed by atoms with Crippen LogP contribution < -0.4 is 0 Å². The Morgan fingerprint density at radius 3 is 2.67 bits per heavy atom. The molecule has 21 heavy (non-hydrogen) atoms. The molecule has 1 atom stereocenters. The molecule has 118 valence electrons. The first kappa shape index (κ1) is 16.0. The molecular formula is C13H19NO6S. The Hall–Kier alpha value is -1.38. The Morgan fingerprint density at radius 2 is 2.19 bits per heavy atom. The van der Waals surface area contributed by atoms with E-state index in [-0.39, 0.29) is 30.0 Å². The van der Waals surface area contributed by atoms with Crippen LogP contribution in [-0.2, 0) is 14.8 Å². The lowest BCUT2D eigenvalue weighted by Gasteiger charge is -2.27. The summed E-state index contributed by atoms with van der Waals surface area (Å²) in [5, 5.41) is 8.49. The zero-order valence-corrected chi connectivity index (χ0v) is 12.8. The van der Waals surface area contributed by atoms with Crippen molar-refractivity contribution < 1.29 is 27.5 Å². The van der Waals surface area contributed by atoms with Crippen LogP contribution in [0, 0.1) is 5.92 Å². The third kappa shape index (κ3) is 3.45. The van der Waals surface area contributed by atoms with Crippen molar-refractivity contribution in [3.8, 4) is 0 Å². The van der Waals surface area contributed by atoms with E-state index in [1.54, 1.807) is 0 Å². The molecule has 0 aliphatic heterocycles. The minimum atomic E-state index is -3.87. The number of carboxylic acids is 1. The standard InChI is InChI=1S/C13H19NO6S/c1-9(10-3-4-10)14(7-8-19-2)21(17,18)12-6-5-11(20-12)13(15)16/h5-6,9-10H,3-4,7-8H2,1-2H3,(H,15,16). The highest BCUT2D eigenvalue weighted by atomic mass is 32.2. The van der Waals surface area contributed by atoms with E-state index in [2.05, 4.69) is 0 Å². The van der Waals surface area contributed by atoms with Gasteiger partial charge >= 0.3 is 5.97 Å². The van der Waals surface area contributed by atoms with Gasteiger partial charge < -0.3 is 14.3 Å². The van der Waals surface area contributed by atoms with Crippen molar-refractivity contribution in [2.45, 2.75) is 30.9 Å². The maximum Gasteiger partial charge on any atom is 0.371 e. The van der Waals surface area contributed by atoms with E-state index < -0.39 is 16.0 Å². The molecule has 1 heterocycles. The quantitative estimate of drug-likeness (QED) is 0.778. The van der Waals surface area contributed by atoms with Crippen molar-refractivity contribution in [3.05, 3.63) is 17.9 Å². The smallest absolute Gasteiger partial charge is 0.371 e. The lowest BCUT2D eigenvalue weighted by molar-refractivity contribution is 0.0656. The van der Waals surface area contributed by atoms with Gasteiger partial charge in [0.25, 0.3) is 10.0 Å². The first-order valence-electron chi connectivity index (χ1n) is 6.72. The lowest BCUT2D eigenvalue weighted by Crippen LogP contribution is -2.41. The van der Waals surface area contributed by atoms with Crippen LogP contribution >= 0.6 is 0 Å². The molecule has 0 bridgehead atoms. The summed E-state index contributed by atoms with van der Waals surface area (Å²) in [7, 11) is -2.36. The van der Waals surface area contributed by atoms with Crippen molar-refractivity contribution in [3.63, 3.8) is 0 Å². The molecular weight excluding hydrogens is 298 g/mol. The van der Waals surface area contributed by atoms with Gasteiger partial charge in [-0.15, -0.1) is 0 Å². The Kier molecular flexibility index (Phi) is 4.70. The van der Waals surface area contributed by atoms with E-state index in [4.69, 9.17) is 14.3 Å². The maximum absolute atomic E-state index is 12.6. The van der Waals surface area contributed by atoms with Crippen LogP contribution in [0.2, 0.25) is 0 Å². The number of furan rings is 1. The molecule has 0 saturated heterocycles. The van der Waals surface area contributed by atoms with Crippen molar-refractivity contribution >= 4 is 16.0 Å². The first-order valence-corrected chi connectivity index (χ1v) is 8.16. The predicted molar refractivity (Wildman–Crippen MR) is 73.6 cm³/mol. The van der Waals surface area contributed by atoms with Gasteiger partial charge in [0.2, 0.25) is 10.9 Å². The number of aromatic carboxylic acids is 1. The molecule has 1 aromatic heterocycles. The topological polar surface area (TPSA) is 97.0 Å². The van der Waals surface area contributed by atoms with Gasteiger partial charge in [0.1, 0.15) is 0 Å². The summed E-state index contributed by atoms with van der Waals surface area (Å²) in [4.78, 5) is 10.8. The number of hydrogen-bond donors (Lipinski definition) is 1. The van der Waals surface area contributed by atoms with Gasteiger partial charge in [-0.2, -0.15) is 4.31 Å². The van der Waals surface area contributed by atoms with Gasteiger partial charge in [-0.25, -0.2) is 13.2 Å². The molecule has 1 aliphatic rings. The number of sulfonamides is 1. The van der Waals surface area contributed by atoms with Gasteiger partial charge in [-0.3, -0.25) is 0 Å². The second kappa shape index (κ2) is 6.17. The molecule has 0 aromatic carbocycles. The summed E-state index contributed by atoms with van der Waals surface area (Å²) < 4.78 is 36.5. The Labute approximate surface area is 123 Å². The van der Waals surface area contributed by atoms with Crippen LogP contribution in [0.15, 0.2) is 21.6 Å². The third-order valence-electron chi connectivity index (χ3n) is 3.63. The number of ether oxygens (including phenoxy) is 1. The lowest BCUT2D eigenvalue weighted by atomic mass is 10.2. The highest BCUT2D eigenvalue weighted by molar-refractivity contribution is 7.89. The van der Waals surface area contributed by atoms with Crippen molar-refractivity contribution in [2.75, 3.05) is 20.3 Å². The first-order chi connectivity index (χ1) is 9.87. The second-order valence-electron chi connectivity index (χ2n) is 5.11. The molecule has 1 unspecified atom stereocenters. The van der Waals surface area contributed by atoms with Gasteiger partial charge in [-0.05, 0) is 37.8 Å². The van der Waals surface area contributed by atoms with Crippen LogP contribution in [0.25, 0.3) is 0 Å². The molecule has 0 amide bonds. The number of nitrogens with zero attached hydrogens (tertiary/aromatic N) is 1. The summed E-state index contributed by atoms with van der Waals surface area (Å²) in [6.45, 7) is 2.33. The molecule has 8 heteroatoms. The van der Waals surface area contributed by atoms with Crippen molar-refractivity contribution in [1.29, 1.82) is 0 Å². The zero-order chi connectivity index (χ0) is 15.6. The fourth-order valence-electron chi connectivity index (χ4n) is 2.23. The van der Waals surface area contributed by atoms with Crippen LogP contribution in [0.3, 0.4) is 0 Å². The predicted octanol–water partition coefficient (Wildman–Crippen LogP) is 1.41. The fourth-order valence-corrected chi connectivity index (χ4v) is 3.82. The van der Waals surface area contributed by atoms with Crippen molar-refractivity contribution in [1.82, 2.24) is 4.31 Å². The van der Waals surface area contributed by atoms with E-state index in [0.29, 0.717) is 5.92 Å². The van der Waals surface area contributed by atoms with E-state index in [9.17, 15) is 13.2 Å². The maximum atomic E-state index is 12.6. The Morgan fingerprint density at radius 1 is 1.52 bits per heavy atom. The number of carbonyl (C=O) groups is 1. The van der Waals surface area contributed by atoms with E-state index in [1.165, 1.54) is 17.5 Å². The summed E-state index contributed by atoms with van der Waals surface area (Å²) in [6.07, 6.45) is 2.00. The normalized spacial score (nSPS) is 17.1. The SMILES string of the molecule is COCCN(C(C)C1CC1)S(=O)(=O)c1ccc(C(=O)O)o1. The summed E-state index contributed by atoms with van der Waals surface area (Å²) >= 11 is 0. The monoisotopic (exact) mass is 317 g/mol. The van der Waals surface area contributed by atoms with Gasteiger partial charge in [0.15, 0.2) is 0 Å². The average molecular weight is 317 g/mol. The largest absolute Gasteiger partial charge is 0.475 e. The minimum Gasteiger partial charge on any atom is -0.475 e. The van der Waals surface area contributed by atoms with Crippen LogP contribution in [0.4, 0.5) is 0 Å². The molecule has 7 nitrogen and oxygen atoms in total. The van der Waals surface area contributed by atoms with Gasteiger partial charge in [0, 0.05) is 19.7 Å². The van der Waals surface area contributed by atoms with Crippen LogP contribution in [0.1, 0.15) is 30.3 Å². The minimum absolute atomic E-state index is 0.163. The Balaban J connectivity index is 2.28. The van der Waals surface area contributed by atoms with E-state index in [0.717, 1.165) is 18.9 Å². The van der Waals surface area contributed by atoms with Crippen LogP contribution in [0.5, 0.6) is 0 Å². The van der Waals surface area contributed by atoms with Crippen LogP contribution in [-0.4, -0.2) is 50.1 Å². The molecule has 0 radical (unpaired) electrons. The average Bonchev–Trinajstić information content (AvgIpc) is 3.14. The molecule has 1 aliphatic carbocycles. The van der Waals surface area contributed by atoms with E-state index in [1.807, 2.05) is 6.92 Å². The molecule has 1 fully saturated rings. The Bertz CT molecular complexity index is 604. The van der Waals surface area contributed by atoms with E-state index >= 15 is 0 Å². The van der Waals surface area contributed by atoms with Gasteiger partial charge in [0.05, 0.1) is 6.61 Å². The zero-order valence-electron chi connectivity index (χ0n) is 12.0. The molecule has 2 rings (SSSR count). The fraction of sp³-hybridized carbons (Fsp3) is 0.615. The summed E-state index contributed by atoms with van der Waals surface area (Å²) in [6, 6.07) is 2.16. The molecule has 1 aromatic rings. The van der Waals surface area contributed by atoms with Crippen molar-refractivity contribution in [2.24, 2.45) is 5.92 Å². The number of carboxylic acid groups (broad SMARTS) is 1. The summed E-state index contributed by atoms with van der Waals surface area (Å²) in [5.41, 5.74) is 0. The number of methoxy groups -OCH3 is 1. The second-order valence-corrected chi connectivity index (χ2v) is 6.93. The van der Waals surface area contributed by atoms with Gasteiger partial charge in [-0.1, -0.05) is 0 Å².